The van der Waals surface area contributed by atoms with Gasteiger partial charge in [0, 0.05) is 24.7 Å². The maximum Gasteiger partial charge on any atom is 0.274 e. The van der Waals surface area contributed by atoms with Crippen molar-refractivity contribution < 1.29 is 9.72 Å². The SMILES string of the molecule is CCC1(C(=O)NCc2ccccc2[N+](=O)[O-])CCCNC1. The van der Waals surface area contributed by atoms with E-state index in [1.165, 1.54) is 6.07 Å². The molecule has 1 aromatic carbocycles. The Kier molecular flexibility index (Phi) is 4.90. The average Bonchev–Trinajstić information content (AvgIpc) is 2.53. The highest BCUT2D eigenvalue weighted by atomic mass is 16.6. The Morgan fingerprint density at radius 2 is 2.24 bits per heavy atom. The summed E-state index contributed by atoms with van der Waals surface area (Å²) in [7, 11) is 0. The molecule has 0 spiro atoms. The van der Waals surface area contributed by atoms with E-state index in [4.69, 9.17) is 0 Å². The predicted octanol–water partition coefficient (Wildman–Crippen LogP) is 1.99. The summed E-state index contributed by atoms with van der Waals surface area (Å²) in [6, 6.07) is 6.50. The van der Waals surface area contributed by atoms with E-state index in [-0.39, 0.29) is 23.6 Å². The number of nitro benzene ring substituents is 1. The lowest BCUT2D eigenvalue weighted by atomic mass is 9.77. The average molecular weight is 291 g/mol. The zero-order valence-electron chi connectivity index (χ0n) is 12.2. The molecule has 6 heteroatoms. The normalized spacial score (nSPS) is 21.8. The zero-order valence-corrected chi connectivity index (χ0v) is 12.2. The molecule has 21 heavy (non-hydrogen) atoms. The van der Waals surface area contributed by atoms with Crippen LogP contribution in [0.3, 0.4) is 0 Å². The number of benzene rings is 1. The van der Waals surface area contributed by atoms with Gasteiger partial charge >= 0.3 is 0 Å². The van der Waals surface area contributed by atoms with Crippen LogP contribution in [0.1, 0.15) is 31.7 Å². The number of hydrogen-bond acceptors (Lipinski definition) is 4. The molecule has 0 aromatic heterocycles. The second-order valence-electron chi connectivity index (χ2n) is 5.48. The molecule has 1 heterocycles. The summed E-state index contributed by atoms with van der Waals surface area (Å²) in [6.07, 6.45) is 2.61. The molecule has 1 amide bonds. The van der Waals surface area contributed by atoms with E-state index in [0.717, 1.165) is 25.8 Å². The lowest BCUT2D eigenvalue weighted by molar-refractivity contribution is -0.385. The van der Waals surface area contributed by atoms with E-state index in [1.54, 1.807) is 18.2 Å². The minimum Gasteiger partial charge on any atom is -0.351 e. The van der Waals surface area contributed by atoms with Crippen molar-refractivity contribution in [2.24, 2.45) is 5.41 Å². The molecule has 1 atom stereocenters. The number of carbonyl (C=O) groups is 1. The van der Waals surface area contributed by atoms with Crippen LogP contribution in [-0.4, -0.2) is 23.9 Å². The zero-order chi connectivity index (χ0) is 15.3. The first-order valence-electron chi connectivity index (χ1n) is 7.30. The molecular weight excluding hydrogens is 270 g/mol. The van der Waals surface area contributed by atoms with Gasteiger partial charge in [-0.1, -0.05) is 25.1 Å². The summed E-state index contributed by atoms with van der Waals surface area (Å²) in [5.74, 6) is -0.0182. The maximum absolute atomic E-state index is 12.5. The van der Waals surface area contributed by atoms with Gasteiger partial charge in [-0.15, -0.1) is 0 Å². The van der Waals surface area contributed by atoms with Crippen molar-refractivity contribution in [3.63, 3.8) is 0 Å². The summed E-state index contributed by atoms with van der Waals surface area (Å²) in [5, 5.41) is 17.1. The Hall–Kier alpha value is -1.95. The first kappa shape index (κ1) is 15.4. The quantitative estimate of drug-likeness (QED) is 0.642. The Morgan fingerprint density at radius 1 is 1.48 bits per heavy atom. The molecule has 0 bridgehead atoms. The topological polar surface area (TPSA) is 84.3 Å². The van der Waals surface area contributed by atoms with E-state index < -0.39 is 4.92 Å². The minimum absolute atomic E-state index is 0.0182. The maximum atomic E-state index is 12.5. The first-order valence-corrected chi connectivity index (χ1v) is 7.30. The molecule has 0 radical (unpaired) electrons. The van der Waals surface area contributed by atoms with Crippen molar-refractivity contribution in [3.05, 3.63) is 39.9 Å². The lowest BCUT2D eigenvalue weighted by Crippen LogP contribution is -2.50. The molecule has 6 nitrogen and oxygen atoms in total. The summed E-state index contributed by atoms with van der Waals surface area (Å²) in [5.41, 5.74) is 0.193. The van der Waals surface area contributed by atoms with Crippen LogP contribution in [0.2, 0.25) is 0 Å². The highest BCUT2D eigenvalue weighted by Crippen LogP contribution is 2.30. The van der Waals surface area contributed by atoms with E-state index in [9.17, 15) is 14.9 Å². The van der Waals surface area contributed by atoms with Gasteiger partial charge in [-0.3, -0.25) is 14.9 Å². The number of hydrogen-bond donors (Lipinski definition) is 2. The van der Waals surface area contributed by atoms with Crippen LogP contribution < -0.4 is 10.6 Å². The van der Waals surface area contributed by atoms with Crippen molar-refractivity contribution >= 4 is 11.6 Å². The van der Waals surface area contributed by atoms with Gasteiger partial charge in [0.25, 0.3) is 5.69 Å². The predicted molar refractivity (Wildman–Crippen MR) is 79.8 cm³/mol. The molecule has 0 aliphatic carbocycles. The molecule has 1 aromatic rings. The van der Waals surface area contributed by atoms with Crippen LogP contribution in [0, 0.1) is 15.5 Å². The third-order valence-electron chi connectivity index (χ3n) is 4.26. The third-order valence-corrected chi connectivity index (χ3v) is 4.26. The van der Waals surface area contributed by atoms with E-state index in [1.807, 2.05) is 6.92 Å². The number of nitro groups is 1. The summed E-state index contributed by atoms with van der Waals surface area (Å²) >= 11 is 0. The highest BCUT2D eigenvalue weighted by molar-refractivity contribution is 5.83. The van der Waals surface area contributed by atoms with Gasteiger partial charge in [-0.05, 0) is 25.8 Å². The number of nitrogens with one attached hydrogen (secondary N) is 2. The Morgan fingerprint density at radius 3 is 2.86 bits per heavy atom. The van der Waals surface area contributed by atoms with Crippen molar-refractivity contribution in [1.82, 2.24) is 10.6 Å². The van der Waals surface area contributed by atoms with Crippen LogP contribution in [0.5, 0.6) is 0 Å². The van der Waals surface area contributed by atoms with Crippen LogP contribution in [0.25, 0.3) is 0 Å². The first-order chi connectivity index (χ1) is 10.1. The molecule has 1 aliphatic rings. The molecule has 0 saturated carbocycles. The summed E-state index contributed by atoms with van der Waals surface area (Å²) in [6.45, 7) is 3.82. The van der Waals surface area contributed by atoms with Crippen molar-refractivity contribution in [1.29, 1.82) is 0 Å². The largest absolute Gasteiger partial charge is 0.351 e. The molecule has 1 fully saturated rings. The van der Waals surface area contributed by atoms with Gasteiger partial charge in [0.05, 0.1) is 10.3 Å². The molecule has 2 N–H and O–H groups in total. The summed E-state index contributed by atoms with van der Waals surface area (Å²) < 4.78 is 0. The monoisotopic (exact) mass is 291 g/mol. The van der Waals surface area contributed by atoms with Crippen LogP contribution in [-0.2, 0) is 11.3 Å². The number of nitrogens with zero attached hydrogens (tertiary/aromatic N) is 1. The fraction of sp³-hybridized carbons (Fsp3) is 0.533. The van der Waals surface area contributed by atoms with Gasteiger partial charge in [0.15, 0.2) is 0 Å². The van der Waals surface area contributed by atoms with Crippen LogP contribution in [0.15, 0.2) is 24.3 Å². The fourth-order valence-electron chi connectivity index (χ4n) is 2.83. The van der Waals surface area contributed by atoms with E-state index >= 15 is 0 Å². The second kappa shape index (κ2) is 6.67. The standard InChI is InChI=1S/C15H21N3O3/c1-2-15(8-5-9-16-11-15)14(19)17-10-12-6-3-4-7-13(12)18(20)21/h3-4,6-7,16H,2,5,8-11H2,1H3,(H,17,19). The molecular formula is C15H21N3O3. The van der Waals surface area contributed by atoms with Crippen molar-refractivity contribution in [2.75, 3.05) is 13.1 Å². The number of piperidine rings is 1. The van der Waals surface area contributed by atoms with Gasteiger partial charge in [-0.2, -0.15) is 0 Å². The number of para-hydroxylation sites is 1. The van der Waals surface area contributed by atoms with E-state index in [2.05, 4.69) is 10.6 Å². The molecule has 114 valence electrons. The van der Waals surface area contributed by atoms with E-state index in [0.29, 0.717) is 12.1 Å². The van der Waals surface area contributed by atoms with Gasteiger partial charge < -0.3 is 10.6 Å². The van der Waals surface area contributed by atoms with Gasteiger partial charge in [0.1, 0.15) is 0 Å². The van der Waals surface area contributed by atoms with Crippen molar-refractivity contribution in [2.45, 2.75) is 32.7 Å². The Bertz CT molecular complexity index is 525. The summed E-state index contributed by atoms with van der Waals surface area (Å²) in [4.78, 5) is 23.0. The Labute approximate surface area is 124 Å². The molecule has 1 saturated heterocycles. The van der Waals surface area contributed by atoms with Gasteiger partial charge in [0.2, 0.25) is 5.91 Å². The number of carbonyl (C=O) groups excluding carboxylic acids is 1. The molecule has 2 rings (SSSR count). The second-order valence-corrected chi connectivity index (χ2v) is 5.48. The lowest BCUT2D eigenvalue weighted by Gasteiger charge is -2.35. The van der Waals surface area contributed by atoms with Crippen LogP contribution >= 0.6 is 0 Å². The molecule has 1 aliphatic heterocycles. The van der Waals surface area contributed by atoms with Crippen LogP contribution in [0.4, 0.5) is 5.69 Å². The van der Waals surface area contributed by atoms with Crippen molar-refractivity contribution in [3.8, 4) is 0 Å². The highest BCUT2D eigenvalue weighted by Gasteiger charge is 2.37. The minimum atomic E-state index is -0.417. The Balaban J connectivity index is 2.05. The number of amides is 1. The third kappa shape index (κ3) is 3.39. The number of rotatable bonds is 5. The van der Waals surface area contributed by atoms with Gasteiger partial charge in [-0.25, -0.2) is 0 Å². The fourth-order valence-corrected chi connectivity index (χ4v) is 2.83. The smallest absolute Gasteiger partial charge is 0.274 e. The molecule has 1 unspecified atom stereocenters.